The molecule has 1 aromatic heterocycles. The minimum absolute atomic E-state index is 0.0500. The van der Waals surface area contributed by atoms with Crippen molar-refractivity contribution in [2.45, 2.75) is 6.18 Å². The number of alkyl halides is 3. The van der Waals surface area contributed by atoms with Crippen molar-refractivity contribution in [1.82, 2.24) is 10.2 Å². The van der Waals surface area contributed by atoms with Crippen LogP contribution in [0.5, 0.6) is 0 Å². The molecule has 0 unspecified atom stereocenters. The summed E-state index contributed by atoms with van der Waals surface area (Å²) in [5.41, 5.74) is -0.499. The van der Waals surface area contributed by atoms with Crippen LogP contribution in [0.25, 0.3) is 0 Å². The third-order valence-electron chi connectivity index (χ3n) is 2.79. The molecule has 120 valence electrons. The van der Waals surface area contributed by atoms with Crippen LogP contribution in [0.2, 0.25) is 0 Å². The van der Waals surface area contributed by atoms with E-state index in [-0.39, 0.29) is 11.4 Å². The second kappa shape index (κ2) is 6.91. The van der Waals surface area contributed by atoms with Crippen LogP contribution in [-0.2, 0) is 6.18 Å². The highest BCUT2D eigenvalue weighted by molar-refractivity contribution is 6.02. The van der Waals surface area contributed by atoms with Crippen LogP contribution in [0, 0.1) is 0 Å². The highest BCUT2D eigenvalue weighted by Crippen LogP contribution is 2.29. The van der Waals surface area contributed by atoms with E-state index >= 15 is 0 Å². The number of amides is 1. The molecule has 8 heteroatoms. The molecule has 0 fully saturated rings. The molecule has 0 saturated heterocycles. The monoisotopic (exact) mass is 322 g/mol. The van der Waals surface area contributed by atoms with E-state index < -0.39 is 17.6 Å². The minimum Gasteiger partial charge on any atom is -0.365 e. The molecule has 0 radical (unpaired) electrons. The maximum Gasteiger partial charge on any atom is 0.416 e. The molecular weight excluding hydrogens is 309 g/mol. The summed E-state index contributed by atoms with van der Waals surface area (Å²) in [4.78, 5) is 11.9. The summed E-state index contributed by atoms with van der Waals surface area (Å²) in [5.74, 6) is -0.0801. The first-order chi connectivity index (χ1) is 10.9. The van der Waals surface area contributed by atoms with Gasteiger partial charge in [0.25, 0.3) is 5.91 Å². The van der Waals surface area contributed by atoms with Crippen molar-refractivity contribution in [2.24, 2.45) is 0 Å². The zero-order valence-electron chi connectivity index (χ0n) is 11.9. The molecule has 2 N–H and O–H groups in total. The highest BCUT2D eigenvalue weighted by atomic mass is 19.4. The Morgan fingerprint density at radius 3 is 2.35 bits per heavy atom. The van der Waals surface area contributed by atoms with E-state index in [9.17, 15) is 18.0 Å². The van der Waals surface area contributed by atoms with Gasteiger partial charge in [0.1, 0.15) is 5.82 Å². The first kappa shape index (κ1) is 16.5. The zero-order valence-corrected chi connectivity index (χ0v) is 11.9. The average Bonchev–Trinajstić information content (AvgIpc) is 2.53. The summed E-state index contributed by atoms with van der Waals surface area (Å²) < 4.78 is 37.4. The second-order valence-corrected chi connectivity index (χ2v) is 4.50. The molecule has 2 rings (SSSR count). The standard InChI is InChI=1S/C15H13F3N4O/c1-2-9-19-13-8-7-12(21-22-13)14(23)20-11-5-3-10(4-6-11)15(16,17)18/h2-8H,1,9H2,(H,19,22)(H,20,23). The lowest BCUT2D eigenvalue weighted by Crippen LogP contribution is -2.15. The Hall–Kier alpha value is -2.90. The molecule has 5 nitrogen and oxygen atoms in total. The third kappa shape index (κ3) is 4.53. The number of nitrogens with zero attached hydrogens (tertiary/aromatic N) is 2. The number of carbonyl (C=O) groups excluding carboxylic acids is 1. The number of nitrogens with one attached hydrogen (secondary N) is 2. The second-order valence-electron chi connectivity index (χ2n) is 4.50. The van der Waals surface area contributed by atoms with Crippen molar-refractivity contribution in [3.8, 4) is 0 Å². The summed E-state index contributed by atoms with van der Waals surface area (Å²) in [6.07, 6.45) is -2.77. The molecule has 0 bridgehead atoms. The number of rotatable bonds is 5. The number of carbonyl (C=O) groups is 1. The quantitative estimate of drug-likeness (QED) is 0.829. The van der Waals surface area contributed by atoms with E-state index in [1.54, 1.807) is 12.1 Å². The lowest BCUT2D eigenvalue weighted by Gasteiger charge is -2.08. The Labute approximate surface area is 130 Å². The van der Waals surface area contributed by atoms with Gasteiger partial charge in [0, 0.05) is 12.2 Å². The molecule has 0 aliphatic carbocycles. The third-order valence-corrected chi connectivity index (χ3v) is 2.79. The van der Waals surface area contributed by atoms with Gasteiger partial charge in [-0.15, -0.1) is 16.8 Å². The molecule has 0 atom stereocenters. The molecule has 1 aromatic carbocycles. The largest absolute Gasteiger partial charge is 0.416 e. The Kier molecular flexibility index (Phi) is 4.95. The summed E-state index contributed by atoms with van der Waals surface area (Å²) in [6.45, 7) is 4.05. The molecule has 0 aliphatic rings. The summed E-state index contributed by atoms with van der Waals surface area (Å²) in [7, 11) is 0. The molecule has 0 aliphatic heterocycles. The van der Waals surface area contributed by atoms with Gasteiger partial charge in [0.2, 0.25) is 0 Å². The predicted molar refractivity (Wildman–Crippen MR) is 80.1 cm³/mol. The minimum atomic E-state index is -4.41. The van der Waals surface area contributed by atoms with Crippen molar-refractivity contribution in [1.29, 1.82) is 0 Å². The zero-order chi connectivity index (χ0) is 16.9. The maximum atomic E-state index is 12.5. The van der Waals surface area contributed by atoms with Gasteiger partial charge in [-0.25, -0.2) is 0 Å². The van der Waals surface area contributed by atoms with Gasteiger partial charge in [-0.1, -0.05) is 6.08 Å². The molecule has 1 amide bonds. The van der Waals surface area contributed by atoms with Gasteiger partial charge in [0.15, 0.2) is 5.69 Å². The molecule has 2 aromatic rings. The SMILES string of the molecule is C=CCNc1ccc(C(=O)Nc2ccc(C(F)(F)F)cc2)nn1. The van der Waals surface area contributed by atoms with Crippen LogP contribution in [0.1, 0.15) is 16.1 Å². The normalized spacial score (nSPS) is 10.9. The number of benzene rings is 1. The van der Waals surface area contributed by atoms with Crippen molar-refractivity contribution < 1.29 is 18.0 Å². The summed E-state index contributed by atoms with van der Waals surface area (Å²) in [5, 5.41) is 12.9. The molecular formula is C15H13F3N4O. The topological polar surface area (TPSA) is 66.9 Å². The number of aromatic nitrogens is 2. The van der Waals surface area contributed by atoms with Gasteiger partial charge >= 0.3 is 6.18 Å². The summed E-state index contributed by atoms with van der Waals surface area (Å²) >= 11 is 0. The van der Waals surface area contributed by atoms with Crippen molar-refractivity contribution >= 4 is 17.4 Å². The lowest BCUT2D eigenvalue weighted by atomic mass is 10.2. The van der Waals surface area contributed by atoms with Crippen LogP contribution >= 0.6 is 0 Å². The van der Waals surface area contributed by atoms with E-state index in [1.807, 2.05) is 0 Å². The van der Waals surface area contributed by atoms with Gasteiger partial charge in [-0.2, -0.15) is 13.2 Å². The smallest absolute Gasteiger partial charge is 0.365 e. The van der Waals surface area contributed by atoms with Gasteiger partial charge in [-0.05, 0) is 36.4 Å². The molecule has 0 saturated carbocycles. The lowest BCUT2D eigenvalue weighted by molar-refractivity contribution is -0.137. The van der Waals surface area contributed by atoms with Gasteiger partial charge < -0.3 is 10.6 Å². The first-order valence-electron chi connectivity index (χ1n) is 6.57. The van der Waals surface area contributed by atoms with E-state index in [2.05, 4.69) is 27.4 Å². The van der Waals surface area contributed by atoms with Crippen molar-refractivity contribution in [3.63, 3.8) is 0 Å². The fourth-order valence-corrected chi connectivity index (χ4v) is 1.66. The first-order valence-corrected chi connectivity index (χ1v) is 6.57. The van der Waals surface area contributed by atoms with E-state index in [1.165, 1.54) is 18.2 Å². The molecule has 1 heterocycles. The van der Waals surface area contributed by atoms with Crippen LogP contribution in [0.15, 0.2) is 49.1 Å². The highest BCUT2D eigenvalue weighted by Gasteiger charge is 2.30. The average molecular weight is 322 g/mol. The molecule has 0 spiro atoms. The fraction of sp³-hybridized carbons (Fsp3) is 0.133. The maximum absolute atomic E-state index is 12.5. The number of anilines is 2. The van der Waals surface area contributed by atoms with Crippen LogP contribution in [0.4, 0.5) is 24.7 Å². The van der Waals surface area contributed by atoms with Crippen molar-refractivity contribution in [2.75, 3.05) is 17.2 Å². The van der Waals surface area contributed by atoms with Gasteiger partial charge in [-0.3, -0.25) is 4.79 Å². The summed E-state index contributed by atoms with van der Waals surface area (Å²) in [6, 6.07) is 7.16. The number of halogens is 3. The fourth-order valence-electron chi connectivity index (χ4n) is 1.66. The van der Waals surface area contributed by atoms with Gasteiger partial charge in [0.05, 0.1) is 5.56 Å². The predicted octanol–water partition coefficient (Wildman–Crippen LogP) is 3.35. The van der Waals surface area contributed by atoms with E-state index in [0.29, 0.717) is 12.4 Å². The number of hydrogen-bond donors (Lipinski definition) is 2. The molecule has 23 heavy (non-hydrogen) atoms. The number of hydrogen-bond acceptors (Lipinski definition) is 4. The Bertz CT molecular complexity index is 681. The Morgan fingerprint density at radius 2 is 1.83 bits per heavy atom. The Morgan fingerprint density at radius 1 is 1.13 bits per heavy atom. The van der Waals surface area contributed by atoms with E-state index in [0.717, 1.165) is 12.1 Å². The van der Waals surface area contributed by atoms with E-state index in [4.69, 9.17) is 0 Å². The van der Waals surface area contributed by atoms with Crippen LogP contribution < -0.4 is 10.6 Å². The Balaban J connectivity index is 2.02. The van der Waals surface area contributed by atoms with Crippen LogP contribution in [0.3, 0.4) is 0 Å². The van der Waals surface area contributed by atoms with Crippen LogP contribution in [-0.4, -0.2) is 22.6 Å². The van der Waals surface area contributed by atoms with Crippen molar-refractivity contribution in [3.05, 3.63) is 60.3 Å².